The molecule has 10 rings (SSSR count). The van der Waals surface area contributed by atoms with E-state index in [1.54, 1.807) is 22.3 Å². The summed E-state index contributed by atoms with van der Waals surface area (Å²) in [6.07, 6.45) is 14.6. The zero-order chi connectivity index (χ0) is 30.9. The van der Waals surface area contributed by atoms with Crippen LogP contribution in [0.3, 0.4) is 0 Å². The average molecular weight is 591 g/mol. The summed E-state index contributed by atoms with van der Waals surface area (Å²) in [4.78, 5) is 0. The van der Waals surface area contributed by atoms with Crippen molar-refractivity contribution >= 4 is 54.6 Å². The number of hydrogen-bond donors (Lipinski definition) is 0. The second kappa shape index (κ2) is 9.20. The van der Waals surface area contributed by atoms with E-state index >= 15 is 0 Å². The van der Waals surface area contributed by atoms with Crippen LogP contribution in [0.2, 0.25) is 0 Å². The summed E-state index contributed by atoms with van der Waals surface area (Å²) in [5.41, 5.74) is 11.0. The van der Waals surface area contributed by atoms with Gasteiger partial charge in [-0.1, -0.05) is 112 Å². The average Bonchev–Trinajstić information content (AvgIpc) is 3.55. The zero-order valence-electron chi connectivity index (χ0n) is 27.1. The van der Waals surface area contributed by atoms with Gasteiger partial charge in [-0.2, -0.15) is 0 Å². The second-order valence-corrected chi connectivity index (χ2v) is 15.1. The Labute approximate surface area is 270 Å². The van der Waals surface area contributed by atoms with Gasteiger partial charge in [0.15, 0.2) is 0 Å². The van der Waals surface area contributed by atoms with Crippen molar-refractivity contribution in [3.8, 4) is 0 Å². The Balaban J connectivity index is 1.34. The van der Waals surface area contributed by atoms with Gasteiger partial charge in [-0.05, 0) is 141 Å². The van der Waals surface area contributed by atoms with Gasteiger partial charge in [-0.3, -0.25) is 0 Å². The molecule has 0 aliphatic heterocycles. The molecule has 0 heteroatoms. The van der Waals surface area contributed by atoms with Crippen molar-refractivity contribution in [3.05, 3.63) is 153 Å². The molecule has 3 unspecified atom stereocenters. The molecule has 0 spiro atoms. The van der Waals surface area contributed by atoms with Crippen LogP contribution >= 0.6 is 0 Å². The number of allylic oxidation sites excluding steroid dienone is 8. The van der Waals surface area contributed by atoms with Crippen molar-refractivity contribution in [3.63, 3.8) is 0 Å². The maximum atomic E-state index is 2.66. The molecule has 46 heavy (non-hydrogen) atoms. The lowest BCUT2D eigenvalue weighted by atomic mass is 9.62. The monoisotopic (exact) mass is 590 g/mol. The molecule has 0 radical (unpaired) electrons. The third kappa shape index (κ3) is 3.56. The van der Waals surface area contributed by atoms with Crippen LogP contribution in [-0.2, 0) is 0 Å². The first-order valence-corrected chi connectivity index (χ1v) is 17.2. The third-order valence-electron chi connectivity index (χ3n) is 11.7. The molecule has 5 aromatic rings. The predicted octanol–water partition coefficient (Wildman–Crippen LogP) is 8.55. The molecule has 5 aliphatic carbocycles. The van der Waals surface area contributed by atoms with Crippen LogP contribution in [0, 0.1) is 23.2 Å². The van der Waals surface area contributed by atoms with E-state index in [2.05, 4.69) is 143 Å². The smallest absolute Gasteiger partial charge is 0.0215 e. The fourth-order valence-electron chi connectivity index (χ4n) is 9.43. The summed E-state index contributed by atoms with van der Waals surface area (Å²) < 4.78 is 0. The number of benzene rings is 5. The Morgan fingerprint density at radius 3 is 1.76 bits per heavy atom. The van der Waals surface area contributed by atoms with Crippen molar-refractivity contribution in [1.29, 1.82) is 0 Å². The molecule has 3 atom stereocenters. The Morgan fingerprint density at radius 2 is 1.13 bits per heavy atom. The maximum absolute atomic E-state index is 2.66. The van der Waals surface area contributed by atoms with Crippen LogP contribution in [0.15, 0.2) is 132 Å². The minimum Gasteiger partial charge on any atom is -0.0767 e. The fraction of sp³-hybridized carbons (Fsp3) is 0.217. The van der Waals surface area contributed by atoms with E-state index in [9.17, 15) is 0 Å². The molecule has 0 bridgehead atoms. The topological polar surface area (TPSA) is 0 Å². The van der Waals surface area contributed by atoms with Crippen LogP contribution in [-0.4, -0.2) is 0 Å². The molecule has 222 valence electrons. The fourth-order valence-corrected chi connectivity index (χ4v) is 9.43. The second-order valence-electron chi connectivity index (χ2n) is 15.1. The highest BCUT2D eigenvalue weighted by atomic mass is 14.5. The van der Waals surface area contributed by atoms with Gasteiger partial charge in [0.2, 0.25) is 0 Å². The van der Waals surface area contributed by atoms with E-state index in [4.69, 9.17) is 0 Å². The zero-order valence-corrected chi connectivity index (χ0v) is 27.1. The molecule has 0 N–H and O–H groups in total. The van der Waals surface area contributed by atoms with E-state index in [1.165, 1.54) is 69.9 Å². The highest BCUT2D eigenvalue weighted by Crippen LogP contribution is 2.56. The van der Waals surface area contributed by atoms with Crippen molar-refractivity contribution in [2.45, 2.75) is 40.5 Å². The van der Waals surface area contributed by atoms with E-state index in [0.29, 0.717) is 17.8 Å². The molecule has 5 aliphatic rings. The maximum Gasteiger partial charge on any atom is 0.0215 e. The van der Waals surface area contributed by atoms with Crippen LogP contribution in [0.4, 0.5) is 0 Å². The Kier molecular flexibility index (Phi) is 5.31. The molecular weight excluding hydrogens is 553 g/mol. The van der Waals surface area contributed by atoms with Gasteiger partial charge >= 0.3 is 0 Å². The minimum atomic E-state index is 0.157. The van der Waals surface area contributed by atoms with Gasteiger partial charge in [-0.15, -0.1) is 0 Å². The molecular formula is C46H38. The lowest BCUT2D eigenvalue weighted by Crippen LogP contribution is -2.29. The van der Waals surface area contributed by atoms with Gasteiger partial charge in [0.05, 0.1) is 0 Å². The summed E-state index contributed by atoms with van der Waals surface area (Å²) in [5, 5.41) is 13.8. The molecule has 0 saturated heterocycles. The predicted molar refractivity (Wildman–Crippen MR) is 196 cm³/mol. The van der Waals surface area contributed by atoms with Crippen molar-refractivity contribution < 1.29 is 0 Å². The highest BCUT2D eigenvalue weighted by Gasteiger charge is 2.47. The van der Waals surface area contributed by atoms with Gasteiger partial charge in [0.25, 0.3) is 0 Å². The normalized spacial score (nSPS) is 22.7. The molecule has 0 heterocycles. The molecule has 0 fully saturated rings. The minimum absolute atomic E-state index is 0.157. The van der Waals surface area contributed by atoms with Gasteiger partial charge in [0, 0.05) is 17.8 Å². The van der Waals surface area contributed by atoms with E-state index in [0.717, 1.165) is 12.8 Å². The molecule has 0 amide bonds. The van der Waals surface area contributed by atoms with Crippen LogP contribution in [0.1, 0.15) is 40.5 Å². The number of fused-ring (bicyclic) bond motifs is 5. The van der Waals surface area contributed by atoms with E-state index in [-0.39, 0.29) is 5.41 Å². The van der Waals surface area contributed by atoms with Crippen molar-refractivity contribution in [1.82, 2.24) is 0 Å². The summed E-state index contributed by atoms with van der Waals surface area (Å²) in [6, 6.07) is 32.6. The van der Waals surface area contributed by atoms with E-state index < -0.39 is 0 Å². The standard InChI is InChI=1S/C46H38/c1-5-26-20-40-37-23-32-17-27-11-6-7-12-28(27)18-33(32)24-39(37)43-35(31-15-10-16-34(19-31)46(2,3)4)25-41-36-21-29-13-8-9-14-30(29)22-38(36)42(26)44(41)45(40)43/h6-18,20-25,31,44-45H,5,19H2,1-4H3. The summed E-state index contributed by atoms with van der Waals surface area (Å²) in [7, 11) is 0. The van der Waals surface area contributed by atoms with Crippen molar-refractivity contribution in [2.75, 3.05) is 0 Å². The number of hydrogen-bond acceptors (Lipinski definition) is 0. The summed E-state index contributed by atoms with van der Waals surface area (Å²) in [6.45, 7) is 9.45. The molecule has 0 nitrogen and oxygen atoms in total. The third-order valence-corrected chi connectivity index (χ3v) is 11.7. The van der Waals surface area contributed by atoms with Crippen LogP contribution in [0.5, 0.6) is 0 Å². The molecule has 0 saturated carbocycles. The Hall–Kier alpha value is -4.68. The van der Waals surface area contributed by atoms with Crippen molar-refractivity contribution in [2.24, 2.45) is 23.2 Å². The van der Waals surface area contributed by atoms with Gasteiger partial charge in [0.1, 0.15) is 0 Å². The van der Waals surface area contributed by atoms with Gasteiger partial charge < -0.3 is 0 Å². The summed E-state index contributed by atoms with van der Waals surface area (Å²) >= 11 is 0. The molecule has 0 aromatic heterocycles. The molecule has 5 aromatic carbocycles. The van der Waals surface area contributed by atoms with E-state index in [1.807, 2.05) is 0 Å². The first-order chi connectivity index (χ1) is 22.4. The Morgan fingerprint density at radius 1 is 0.609 bits per heavy atom. The number of rotatable bonds is 2. The summed E-state index contributed by atoms with van der Waals surface area (Å²) in [5.74, 6) is 1.10. The largest absolute Gasteiger partial charge is 0.0767 e. The SMILES string of the molecule is CCC1=CC2=c3cc4cc5ccccc5cc4cc3=C3C(C4C=CC=C(C(C)(C)C)C4)=CC4=c5cc6ccccc6cc5=C1C4C23. The Bertz CT molecular complexity index is 2620. The highest BCUT2D eigenvalue weighted by molar-refractivity contribution is 6.05. The van der Waals surface area contributed by atoms with Crippen LogP contribution < -0.4 is 20.9 Å². The quantitative estimate of drug-likeness (QED) is 0.181. The first-order valence-electron chi connectivity index (χ1n) is 17.2. The lowest BCUT2D eigenvalue weighted by molar-refractivity contribution is 0.465. The van der Waals surface area contributed by atoms with Crippen LogP contribution in [0.25, 0.3) is 54.6 Å². The first kappa shape index (κ1) is 26.5. The lowest BCUT2D eigenvalue weighted by Gasteiger charge is -2.40. The van der Waals surface area contributed by atoms with Gasteiger partial charge in [-0.25, -0.2) is 0 Å².